The van der Waals surface area contributed by atoms with Gasteiger partial charge in [-0.15, -0.1) is 0 Å². The molecular weight excluding hydrogens is 394 g/mol. The molecule has 1 aromatic carbocycles. The maximum absolute atomic E-state index is 12.5. The Morgan fingerprint density at radius 2 is 2.15 bits per heavy atom. The molecule has 0 aromatic heterocycles. The number of thiocarbonyl (C=S) groups is 1. The predicted octanol–water partition coefficient (Wildman–Crippen LogP) is 1.78. The van der Waals surface area contributed by atoms with Gasteiger partial charge in [0.2, 0.25) is 5.91 Å². The van der Waals surface area contributed by atoms with E-state index >= 15 is 0 Å². The van der Waals surface area contributed by atoms with Gasteiger partial charge in [-0.2, -0.15) is 0 Å². The van der Waals surface area contributed by atoms with Gasteiger partial charge < -0.3 is 10.4 Å². The minimum Gasteiger partial charge on any atom is -0.481 e. The summed E-state index contributed by atoms with van der Waals surface area (Å²) in [7, 11) is 0. The number of nitro groups is 1. The van der Waals surface area contributed by atoms with Crippen LogP contribution in [0.15, 0.2) is 29.2 Å². The molecule has 0 aliphatic carbocycles. The Kier molecular flexibility index (Phi) is 7.02. The Bertz CT molecular complexity index is 839. The van der Waals surface area contributed by atoms with E-state index in [0.29, 0.717) is 5.56 Å². The minimum absolute atomic E-state index is 0.0622. The van der Waals surface area contributed by atoms with Crippen LogP contribution in [0.3, 0.4) is 0 Å². The number of nitrogens with one attached hydrogen (secondary N) is 1. The van der Waals surface area contributed by atoms with Gasteiger partial charge >= 0.3 is 5.97 Å². The molecule has 1 aromatic rings. The first kappa shape index (κ1) is 20.5. The minimum atomic E-state index is -0.951. The Hall–Kier alpha value is -2.79. The highest BCUT2D eigenvalue weighted by molar-refractivity contribution is 8.26. The van der Waals surface area contributed by atoms with Crippen molar-refractivity contribution in [3.63, 3.8) is 0 Å². The van der Waals surface area contributed by atoms with Crippen LogP contribution in [-0.2, 0) is 14.4 Å². The summed E-state index contributed by atoms with van der Waals surface area (Å²) in [5, 5.41) is 21.9. The zero-order chi connectivity index (χ0) is 20.0. The Labute approximate surface area is 163 Å². The van der Waals surface area contributed by atoms with Crippen molar-refractivity contribution in [1.29, 1.82) is 0 Å². The third-order valence-electron chi connectivity index (χ3n) is 3.44. The van der Waals surface area contributed by atoms with E-state index in [1.807, 2.05) is 0 Å². The summed E-state index contributed by atoms with van der Waals surface area (Å²) < 4.78 is 0.206. The number of carboxylic acid groups (broad SMARTS) is 1. The molecule has 0 radical (unpaired) electrons. The van der Waals surface area contributed by atoms with E-state index in [2.05, 4.69) is 5.32 Å². The van der Waals surface area contributed by atoms with Gasteiger partial charge in [0, 0.05) is 25.1 Å². The number of carbonyl (C=O) groups is 3. The van der Waals surface area contributed by atoms with Crippen LogP contribution in [0.1, 0.15) is 18.4 Å². The smallest absolute Gasteiger partial charge is 0.303 e. The summed E-state index contributed by atoms with van der Waals surface area (Å²) in [5.74, 6) is -1.86. The fourth-order valence-corrected chi connectivity index (χ4v) is 3.44. The maximum atomic E-state index is 12.5. The van der Waals surface area contributed by atoms with Crippen LogP contribution in [0.2, 0.25) is 0 Å². The van der Waals surface area contributed by atoms with Crippen LogP contribution in [0.4, 0.5) is 5.69 Å². The monoisotopic (exact) mass is 409 g/mol. The Morgan fingerprint density at radius 1 is 1.41 bits per heavy atom. The molecule has 0 saturated carbocycles. The van der Waals surface area contributed by atoms with Crippen molar-refractivity contribution < 1.29 is 24.4 Å². The molecule has 1 saturated heterocycles. The summed E-state index contributed by atoms with van der Waals surface area (Å²) >= 11 is 6.13. The van der Waals surface area contributed by atoms with Crippen molar-refractivity contribution in [2.45, 2.75) is 12.8 Å². The molecule has 27 heavy (non-hydrogen) atoms. The molecule has 2 N–H and O–H groups in total. The molecule has 1 aliphatic rings. The second-order valence-electron chi connectivity index (χ2n) is 5.47. The zero-order valence-corrected chi connectivity index (χ0v) is 15.5. The number of thioether (sulfide) groups is 1. The van der Waals surface area contributed by atoms with Crippen LogP contribution in [0.5, 0.6) is 0 Å². The highest BCUT2D eigenvalue weighted by Crippen LogP contribution is 2.32. The summed E-state index contributed by atoms with van der Waals surface area (Å²) in [6.45, 7) is -0.0898. The predicted molar refractivity (Wildman–Crippen MR) is 103 cm³/mol. The van der Waals surface area contributed by atoms with Crippen molar-refractivity contribution in [2.24, 2.45) is 0 Å². The lowest BCUT2D eigenvalue weighted by atomic mass is 10.2. The Morgan fingerprint density at radius 3 is 2.81 bits per heavy atom. The molecule has 142 valence electrons. The number of non-ortho nitro benzene ring substituents is 1. The standard InChI is InChI=1S/C16H15N3O6S2/c20-13(17-6-2-5-14(21)22)9-18-15(23)12(27-16(18)26)8-10-3-1-4-11(7-10)19(24)25/h1,3-4,7-8H,2,5-6,9H2,(H,17,20)(H,21,22)/b12-8-. The third kappa shape index (κ3) is 5.86. The second kappa shape index (κ2) is 9.24. The number of amides is 2. The first-order valence-corrected chi connectivity index (χ1v) is 8.98. The SMILES string of the molecule is O=C(O)CCCNC(=O)CN1C(=O)/C(=C/c2cccc([N+](=O)[O-])c2)SC1=S. The molecule has 1 aliphatic heterocycles. The van der Waals surface area contributed by atoms with Gasteiger partial charge in [0.05, 0.1) is 9.83 Å². The molecule has 1 fully saturated rings. The highest BCUT2D eigenvalue weighted by Gasteiger charge is 2.33. The van der Waals surface area contributed by atoms with Gasteiger partial charge in [-0.1, -0.05) is 36.1 Å². The largest absolute Gasteiger partial charge is 0.481 e. The van der Waals surface area contributed by atoms with Crippen molar-refractivity contribution in [3.8, 4) is 0 Å². The molecule has 0 spiro atoms. The number of hydrogen-bond donors (Lipinski definition) is 2. The topological polar surface area (TPSA) is 130 Å². The summed E-state index contributed by atoms with van der Waals surface area (Å²) in [6, 6.07) is 5.81. The number of aliphatic carboxylic acids is 1. The molecule has 11 heteroatoms. The lowest BCUT2D eigenvalue weighted by Crippen LogP contribution is -2.39. The fourth-order valence-electron chi connectivity index (χ4n) is 2.18. The van der Waals surface area contributed by atoms with E-state index in [4.69, 9.17) is 17.3 Å². The van der Waals surface area contributed by atoms with E-state index in [1.165, 1.54) is 24.3 Å². The number of carbonyl (C=O) groups excluding carboxylic acids is 2. The van der Waals surface area contributed by atoms with Gasteiger partial charge in [-0.25, -0.2) is 0 Å². The van der Waals surface area contributed by atoms with Crippen LogP contribution in [0.25, 0.3) is 6.08 Å². The molecule has 2 rings (SSSR count). The van der Waals surface area contributed by atoms with Crippen LogP contribution < -0.4 is 5.32 Å². The Balaban J connectivity index is 2.00. The second-order valence-corrected chi connectivity index (χ2v) is 7.14. The van der Waals surface area contributed by atoms with E-state index < -0.39 is 22.7 Å². The molecular formula is C16H15N3O6S2. The normalized spacial score (nSPS) is 15.3. The summed E-state index contributed by atoms with van der Waals surface area (Å²) in [6.07, 6.45) is 1.70. The summed E-state index contributed by atoms with van der Waals surface area (Å²) in [5.41, 5.74) is 0.378. The molecule has 9 nitrogen and oxygen atoms in total. The molecule has 0 unspecified atom stereocenters. The fraction of sp³-hybridized carbons (Fsp3) is 0.250. The lowest BCUT2D eigenvalue weighted by Gasteiger charge is -2.13. The van der Waals surface area contributed by atoms with E-state index in [9.17, 15) is 24.5 Å². The number of nitro benzene ring substituents is 1. The van der Waals surface area contributed by atoms with Gasteiger partial charge in [-0.05, 0) is 18.1 Å². The molecule has 2 amide bonds. The molecule has 1 heterocycles. The first-order valence-electron chi connectivity index (χ1n) is 7.76. The van der Waals surface area contributed by atoms with Gasteiger partial charge in [-0.3, -0.25) is 29.4 Å². The number of benzene rings is 1. The van der Waals surface area contributed by atoms with E-state index in [-0.39, 0.29) is 40.8 Å². The number of nitrogens with zero attached hydrogens (tertiary/aromatic N) is 2. The number of carboxylic acids is 1. The van der Waals surface area contributed by atoms with Crippen molar-refractivity contribution in [1.82, 2.24) is 10.2 Å². The van der Waals surface area contributed by atoms with E-state index in [0.717, 1.165) is 16.7 Å². The van der Waals surface area contributed by atoms with Crippen molar-refractivity contribution in [2.75, 3.05) is 13.1 Å². The average molecular weight is 409 g/mol. The third-order valence-corrected chi connectivity index (χ3v) is 4.82. The van der Waals surface area contributed by atoms with Gasteiger partial charge in [0.1, 0.15) is 10.9 Å². The van der Waals surface area contributed by atoms with Crippen molar-refractivity contribution in [3.05, 3.63) is 44.8 Å². The van der Waals surface area contributed by atoms with E-state index in [1.54, 1.807) is 6.07 Å². The zero-order valence-electron chi connectivity index (χ0n) is 13.9. The van der Waals surface area contributed by atoms with Crippen LogP contribution in [0, 0.1) is 10.1 Å². The number of hydrogen-bond acceptors (Lipinski definition) is 7. The number of rotatable bonds is 8. The molecule has 0 atom stereocenters. The summed E-state index contributed by atoms with van der Waals surface area (Å²) in [4.78, 5) is 46.5. The molecule has 0 bridgehead atoms. The first-order chi connectivity index (χ1) is 12.8. The van der Waals surface area contributed by atoms with Crippen LogP contribution >= 0.6 is 24.0 Å². The average Bonchev–Trinajstić information content (AvgIpc) is 2.86. The quantitative estimate of drug-likeness (QED) is 0.218. The lowest BCUT2D eigenvalue weighted by molar-refractivity contribution is -0.384. The van der Waals surface area contributed by atoms with Gasteiger partial charge in [0.25, 0.3) is 11.6 Å². The van der Waals surface area contributed by atoms with Crippen LogP contribution in [-0.4, -0.2) is 50.1 Å². The highest BCUT2D eigenvalue weighted by atomic mass is 32.2. The van der Waals surface area contributed by atoms with Gasteiger partial charge in [0.15, 0.2) is 0 Å². The maximum Gasteiger partial charge on any atom is 0.303 e. The van der Waals surface area contributed by atoms with Crippen molar-refractivity contribution >= 4 is 57.8 Å².